The van der Waals surface area contributed by atoms with Gasteiger partial charge in [0.1, 0.15) is 0 Å². The molecule has 0 unspecified atom stereocenters. The molecule has 0 fully saturated rings. The Hall–Kier alpha value is -1.59. The first-order chi connectivity index (χ1) is 10.2. The number of nitrogens with zero attached hydrogens (tertiary/aromatic N) is 1. The van der Waals surface area contributed by atoms with Crippen molar-refractivity contribution >= 4 is 29.1 Å². The number of rotatable bonds is 6. The maximum absolute atomic E-state index is 12.1. The number of benzene rings is 1. The largest absolute Gasteiger partial charge is 0.350 e. The van der Waals surface area contributed by atoms with Crippen LogP contribution in [0.3, 0.4) is 0 Å². The van der Waals surface area contributed by atoms with Crippen molar-refractivity contribution in [3.05, 3.63) is 29.3 Å². The van der Waals surface area contributed by atoms with E-state index in [0.717, 1.165) is 0 Å². The van der Waals surface area contributed by atoms with E-state index >= 15 is 0 Å². The number of carbonyl (C=O) groups excluding carboxylic acids is 2. The van der Waals surface area contributed by atoms with Crippen LogP contribution >= 0.6 is 11.6 Å². The van der Waals surface area contributed by atoms with E-state index in [0.29, 0.717) is 17.3 Å². The van der Waals surface area contributed by atoms with Gasteiger partial charge >= 0.3 is 0 Å². The smallest absolute Gasteiger partial charge is 0.238 e. The van der Waals surface area contributed by atoms with Gasteiger partial charge in [-0.05, 0) is 39.4 Å². The molecule has 6 heteroatoms. The molecular weight excluding hydrogens is 302 g/mol. The lowest BCUT2D eigenvalue weighted by Crippen LogP contribution is -2.47. The van der Waals surface area contributed by atoms with Crippen molar-refractivity contribution in [2.75, 3.05) is 25.0 Å². The summed E-state index contributed by atoms with van der Waals surface area (Å²) in [5, 5.41) is 6.12. The Morgan fingerprint density at radius 3 is 2.27 bits per heavy atom. The van der Waals surface area contributed by atoms with Crippen LogP contribution < -0.4 is 10.6 Å². The Kier molecular flexibility index (Phi) is 6.84. The van der Waals surface area contributed by atoms with Gasteiger partial charge < -0.3 is 10.6 Å². The minimum atomic E-state index is -0.281. The molecule has 0 atom stereocenters. The van der Waals surface area contributed by atoms with Gasteiger partial charge in [-0.25, -0.2) is 0 Å². The summed E-state index contributed by atoms with van der Waals surface area (Å²) in [6, 6.07) is 7.05. The molecule has 1 aromatic carbocycles. The third-order valence-electron chi connectivity index (χ3n) is 2.84. The summed E-state index contributed by atoms with van der Waals surface area (Å²) >= 11 is 6.00. The summed E-state index contributed by atoms with van der Waals surface area (Å²) in [6.45, 7) is 8.60. The second kappa shape index (κ2) is 8.15. The van der Waals surface area contributed by atoms with Crippen LogP contribution in [-0.4, -0.2) is 41.9 Å². The summed E-state index contributed by atoms with van der Waals surface area (Å²) < 4.78 is 0. The lowest BCUT2D eigenvalue weighted by atomic mass is 10.1. The zero-order valence-corrected chi connectivity index (χ0v) is 14.3. The number of carbonyl (C=O) groups is 2. The molecule has 0 saturated heterocycles. The van der Waals surface area contributed by atoms with Gasteiger partial charge in [-0.1, -0.05) is 30.7 Å². The van der Waals surface area contributed by atoms with Crippen molar-refractivity contribution in [1.82, 2.24) is 10.2 Å². The van der Waals surface area contributed by atoms with Gasteiger partial charge in [0.15, 0.2) is 0 Å². The van der Waals surface area contributed by atoms with E-state index in [9.17, 15) is 9.59 Å². The van der Waals surface area contributed by atoms with Crippen LogP contribution in [0.5, 0.6) is 0 Å². The quantitative estimate of drug-likeness (QED) is 0.845. The number of hydrogen-bond acceptors (Lipinski definition) is 3. The molecule has 1 aromatic rings. The number of halogens is 1. The molecule has 0 radical (unpaired) electrons. The molecule has 0 aliphatic heterocycles. The standard InChI is InChI=1S/C16H24ClN3O2/c1-5-20(11-15(22)19-16(2,3)4)10-14(21)18-13-9-7-6-8-12(13)17/h6-9H,5,10-11H2,1-4H3,(H,18,21)(H,19,22). The Morgan fingerprint density at radius 1 is 1.14 bits per heavy atom. The molecule has 0 aliphatic carbocycles. The highest BCUT2D eigenvalue weighted by molar-refractivity contribution is 6.33. The highest BCUT2D eigenvalue weighted by Gasteiger charge is 2.18. The zero-order valence-electron chi connectivity index (χ0n) is 13.6. The normalized spacial score (nSPS) is 11.4. The molecule has 0 aliphatic rings. The van der Waals surface area contributed by atoms with Gasteiger partial charge in [0.25, 0.3) is 0 Å². The second-order valence-corrected chi connectivity index (χ2v) is 6.54. The lowest BCUT2D eigenvalue weighted by Gasteiger charge is -2.24. The summed E-state index contributed by atoms with van der Waals surface area (Å²) in [5.41, 5.74) is 0.292. The predicted molar refractivity (Wildman–Crippen MR) is 90.1 cm³/mol. The van der Waals surface area contributed by atoms with Crippen LogP contribution in [0.2, 0.25) is 5.02 Å². The first-order valence-electron chi connectivity index (χ1n) is 7.29. The van der Waals surface area contributed by atoms with Crippen LogP contribution in [0.1, 0.15) is 27.7 Å². The molecular formula is C16H24ClN3O2. The van der Waals surface area contributed by atoms with Crippen molar-refractivity contribution in [3.63, 3.8) is 0 Å². The number of hydrogen-bond donors (Lipinski definition) is 2. The average molecular weight is 326 g/mol. The zero-order chi connectivity index (χ0) is 16.8. The van der Waals surface area contributed by atoms with E-state index < -0.39 is 0 Å². The van der Waals surface area contributed by atoms with Gasteiger partial charge in [0, 0.05) is 5.54 Å². The van der Waals surface area contributed by atoms with Crippen LogP contribution in [0, 0.1) is 0 Å². The van der Waals surface area contributed by atoms with Crippen LogP contribution in [0.15, 0.2) is 24.3 Å². The Bertz CT molecular complexity index is 526. The fraction of sp³-hybridized carbons (Fsp3) is 0.500. The van der Waals surface area contributed by atoms with Crippen LogP contribution in [0.25, 0.3) is 0 Å². The third kappa shape index (κ3) is 6.91. The molecule has 0 spiro atoms. The Morgan fingerprint density at radius 2 is 1.73 bits per heavy atom. The third-order valence-corrected chi connectivity index (χ3v) is 3.17. The molecule has 0 heterocycles. The van der Waals surface area contributed by atoms with Gasteiger partial charge in [-0.15, -0.1) is 0 Å². The van der Waals surface area contributed by atoms with Gasteiger partial charge in [0.2, 0.25) is 11.8 Å². The molecule has 0 aromatic heterocycles. The van der Waals surface area contributed by atoms with Crippen LogP contribution in [0.4, 0.5) is 5.69 Å². The minimum absolute atomic E-state index is 0.0973. The summed E-state index contributed by atoms with van der Waals surface area (Å²) in [4.78, 5) is 25.7. The Labute approximate surface area is 137 Å². The van der Waals surface area contributed by atoms with Crippen molar-refractivity contribution in [2.45, 2.75) is 33.2 Å². The molecule has 5 nitrogen and oxygen atoms in total. The van der Waals surface area contributed by atoms with E-state index in [4.69, 9.17) is 11.6 Å². The van der Waals surface area contributed by atoms with Gasteiger partial charge in [-0.2, -0.15) is 0 Å². The van der Waals surface area contributed by atoms with Crippen LogP contribution in [-0.2, 0) is 9.59 Å². The van der Waals surface area contributed by atoms with Crippen molar-refractivity contribution in [3.8, 4) is 0 Å². The number of likely N-dealkylation sites (N-methyl/N-ethyl adjacent to an activating group) is 1. The van der Waals surface area contributed by atoms with Crippen molar-refractivity contribution < 1.29 is 9.59 Å². The topological polar surface area (TPSA) is 61.4 Å². The molecule has 122 valence electrons. The summed E-state index contributed by atoms with van der Waals surface area (Å²) in [6.07, 6.45) is 0. The lowest BCUT2D eigenvalue weighted by molar-refractivity contribution is -0.124. The average Bonchev–Trinajstić information content (AvgIpc) is 2.38. The maximum atomic E-state index is 12.1. The first kappa shape index (κ1) is 18.5. The summed E-state index contributed by atoms with van der Waals surface area (Å²) in [5.74, 6) is -0.293. The molecule has 1 rings (SSSR count). The Balaban J connectivity index is 2.53. The van der Waals surface area contributed by atoms with E-state index in [-0.39, 0.29) is 30.4 Å². The number of para-hydroxylation sites is 1. The molecule has 22 heavy (non-hydrogen) atoms. The van der Waals surface area contributed by atoms with E-state index in [1.165, 1.54) is 0 Å². The number of amides is 2. The molecule has 0 bridgehead atoms. The van der Waals surface area contributed by atoms with E-state index in [2.05, 4.69) is 10.6 Å². The molecule has 2 amide bonds. The number of anilines is 1. The predicted octanol–water partition coefficient (Wildman–Crippen LogP) is 2.52. The monoisotopic (exact) mass is 325 g/mol. The minimum Gasteiger partial charge on any atom is -0.350 e. The fourth-order valence-electron chi connectivity index (χ4n) is 1.90. The van der Waals surface area contributed by atoms with Crippen molar-refractivity contribution in [1.29, 1.82) is 0 Å². The van der Waals surface area contributed by atoms with Gasteiger partial charge in [0.05, 0.1) is 23.8 Å². The van der Waals surface area contributed by atoms with Gasteiger partial charge in [-0.3, -0.25) is 14.5 Å². The second-order valence-electron chi connectivity index (χ2n) is 6.13. The first-order valence-corrected chi connectivity index (χ1v) is 7.67. The molecule has 2 N–H and O–H groups in total. The number of nitrogens with one attached hydrogen (secondary N) is 2. The fourth-order valence-corrected chi connectivity index (χ4v) is 2.08. The SMILES string of the molecule is CCN(CC(=O)Nc1ccccc1Cl)CC(=O)NC(C)(C)C. The highest BCUT2D eigenvalue weighted by atomic mass is 35.5. The van der Waals surface area contributed by atoms with Crippen molar-refractivity contribution in [2.24, 2.45) is 0 Å². The highest BCUT2D eigenvalue weighted by Crippen LogP contribution is 2.20. The van der Waals surface area contributed by atoms with E-state index in [1.54, 1.807) is 29.2 Å². The van der Waals surface area contributed by atoms with E-state index in [1.807, 2.05) is 27.7 Å². The molecule has 0 saturated carbocycles. The summed E-state index contributed by atoms with van der Waals surface area (Å²) in [7, 11) is 0. The maximum Gasteiger partial charge on any atom is 0.238 e.